The average Bonchev–Trinajstić information content (AvgIpc) is 4.07. The highest BCUT2D eigenvalue weighted by atomic mass is 32.2. The standard InChI is InChI=1S/C30H37N7O4S.C23H36N2O2/c38-29(25-8-3-18-31-21-25)22-32-19-17-24-9-11-26(12-10-24)33-42(40,41)28-15-13-27(14-16-28)37-30(39)36(34-35-37)20-4-7-23-5-1-2-6-23;1-21(2,3)25-20(27)17-8-7-15-14-6-9-18-23(5,13-11-19(26)24-18)16(14)10-12-22(15,17)4/h3,8-16,18,21,23,29,32-33,38H,1-2,4-7,17,19-20,22H2;11,13-18H,6-10,12H2,1-5H3,(H,24,26)(H,25,27)/t;14-,15-,16-,17+,18+,22-,23+/m.0/s1. The number of nitrogens with zero attached hydrogens (tertiary/aromatic N) is 5. The molecule has 1 unspecified atom stereocenters. The number of sulfonamides is 1. The Bertz CT molecular complexity index is 2590. The van der Waals surface area contributed by atoms with Gasteiger partial charge in [0.2, 0.25) is 11.8 Å². The van der Waals surface area contributed by atoms with Crippen molar-refractivity contribution < 1.29 is 23.1 Å². The van der Waals surface area contributed by atoms with Crippen LogP contribution >= 0.6 is 0 Å². The molecule has 372 valence electrons. The largest absolute Gasteiger partial charge is 0.387 e. The lowest BCUT2D eigenvalue weighted by Gasteiger charge is -2.58. The topological polar surface area (TPSA) is 202 Å². The number of pyridine rings is 1. The molecule has 1 aliphatic heterocycles. The second-order valence-electron chi connectivity index (χ2n) is 21.9. The van der Waals surface area contributed by atoms with Crippen LogP contribution in [0.2, 0.25) is 0 Å². The highest BCUT2D eigenvalue weighted by Gasteiger charge is 2.61. The van der Waals surface area contributed by atoms with E-state index in [4.69, 9.17) is 0 Å². The first-order valence-electron chi connectivity index (χ1n) is 25.3. The number of benzene rings is 2. The van der Waals surface area contributed by atoms with Crippen LogP contribution in [0.3, 0.4) is 0 Å². The molecule has 4 fully saturated rings. The lowest BCUT2D eigenvalue weighted by Crippen LogP contribution is -2.59. The number of aliphatic hydroxyl groups is 1. The second-order valence-corrected chi connectivity index (χ2v) is 23.6. The third kappa shape index (κ3) is 11.5. The van der Waals surface area contributed by atoms with E-state index in [9.17, 15) is 27.9 Å². The molecular weight excluding hydrogens is 891 g/mol. The molecule has 0 bridgehead atoms. The fourth-order valence-electron chi connectivity index (χ4n) is 12.5. The summed E-state index contributed by atoms with van der Waals surface area (Å²) in [5.41, 5.74) is 2.38. The zero-order valence-corrected chi connectivity index (χ0v) is 41.9. The minimum atomic E-state index is -3.83. The van der Waals surface area contributed by atoms with Gasteiger partial charge in [-0.3, -0.25) is 19.3 Å². The summed E-state index contributed by atoms with van der Waals surface area (Å²) in [5, 5.41) is 27.9. The normalized spacial score (nSPS) is 27.0. The number of carbonyl (C=O) groups excluding carboxylic acids is 2. The van der Waals surface area contributed by atoms with E-state index in [-0.39, 0.29) is 50.7 Å². The van der Waals surface area contributed by atoms with Gasteiger partial charge in [0.25, 0.3) is 10.0 Å². The van der Waals surface area contributed by atoms with Crippen molar-refractivity contribution in [3.63, 3.8) is 0 Å². The summed E-state index contributed by atoms with van der Waals surface area (Å²) in [6, 6.07) is 17.1. The predicted molar refractivity (Wildman–Crippen MR) is 267 cm³/mol. The van der Waals surface area contributed by atoms with Gasteiger partial charge in [-0.05, 0) is 179 Å². The molecule has 2 aromatic heterocycles. The van der Waals surface area contributed by atoms with E-state index in [2.05, 4.69) is 76.8 Å². The maximum Gasteiger partial charge on any atom is 0.368 e. The summed E-state index contributed by atoms with van der Waals surface area (Å²) in [6.45, 7) is 12.6. The Kier molecular flexibility index (Phi) is 15.3. The van der Waals surface area contributed by atoms with Gasteiger partial charge >= 0.3 is 5.69 Å². The summed E-state index contributed by atoms with van der Waals surface area (Å²) in [7, 11) is -3.83. The fraction of sp³-hybridized carbons (Fsp3) is 0.585. The van der Waals surface area contributed by atoms with Gasteiger partial charge in [0.15, 0.2) is 0 Å². The number of anilines is 1. The molecule has 3 heterocycles. The predicted octanol–water partition coefficient (Wildman–Crippen LogP) is 7.28. The third-order valence-electron chi connectivity index (χ3n) is 16.2. The maximum atomic E-state index is 13.0. The molecule has 4 saturated carbocycles. The van der Waals surface area contributed by atoms with E-state index in [0.29, 0.717) is 48.8 Å². The van der Waals surface area contributed by atoms with E-state index in [0.717, 1.165) is 55.6 Å². The van der Waals surface area contributed by atoms with Crippen molar-refractivity contribution in [1.82, 2.24) is 40.7 Å². The Hall–Kier alpha value is -5.19. The van der Waals surface area contributed by atoms with Crippen molar-refractivity contribution in [2.24, 2.45) is 40.4 Å². The Morgan fingerprint density at radius 2 is 1.68 bits per heavy atom. The molecular formula is C53H73N9O6S. The van der Waals surface area contributed by atoms with Gasteiger partial charge in [-0.2, -0.15) is 9.36 Å². The van der Waals surface area contributed by atoms with Crippen LogP contribution in [0.5, 0.6) is 0 Å². The third-order valence-corrected chi connectivity index (χ3v) is 17.6. The number of nitrogens with one attached hydrogen (secondary N) is 4. The highest BCUT2D eigenvalue weighted by Crippen LogP contribution is 2.65. The molecule has 2 amide bonds. The highest BCUT2D eigenvalue weighted by molar-refractivity contribution is 7.92. The molecule has 0 radical (unpaired) electrons. The number of tetrazole rings is 1. The number of aryl methyl sites for hydroxylation is 1. The Morgan fingerprint density at radius 3 is 2.39 bits per heavy atom. The first-order chi connectivity index (χ1) is 32.9. The minimum absolute atomic E-state index is 0.0661. The van der Waals surface area contributed by atoms with E-state index < -0.39 is 16.1 Å². The van der Waals surface area contributed by atoms with Crippen LogP contribution in [0.1, 0.15) is 129 Å². The van der Waals surface area contributed by atoms with Crippen molar-refractivity contribution in [2.75, 3.05) is 17.8 Å². The molecule has 4 aliphatic carbocycles. The molecule has 5 N–H and O–H groups in total. The van der Waals surface area contributed by atoms with Gasteiger partial charge < -0.3 is 21.1 Å². The lowest BCUT2D eigenvalue weighted by molar-refractivity contribution is -0.135. The van der Waals surface area contributed by atoms with Gasteiger partial charge in [-0.25, -0.2) is 13.2 Å². The molecule has 8 atom stereocenters. The zero-order chi connectivity index (χ0) is 49.0. The number of carbonyl (C=O) groups is 2. The van der Waals surface area contributed by atoms with E-state index in [1.165, 1.54) is 66.4 Å². The van der Waals surface area contributed by atoms with Gasteiger partial charge in [0.05, 0.1) is 16.7 Å². The molecule has 0 saturated heterocycles. The van der Waals surface area contributed by atoms with Crippen LogP contribution in [-0.4, -0.2) is 74.8 Å². The number of aliphatic hydroxyl groups excluding tert-OH is 1. The molecule has 4 aromatic rings. The van der Waals surface area contributed by atoms with Crippen molar-refractivity contribution in [3.8, 4) is 5.69 Å². The summed E-state index contributed by atoms with van der Waals surface area (Å²) in [6.07, 6.45) is 21.3. The van der Waals surface area contributed by atoms with Crippen LogP contribution in [-0.2, 0) is 32.6 Å². The molecule has 69 heavy (non-hydrogen) atoms. The Labute approximate surface area is 407 Å². The first-order valence-corrected chi connectivity index (χ1v) is 26.8. The summed E-state index contributed by atoms with van der Waals surface area (Å²) >= 11 is 0. The summed E-state index contributed by atoms with van der Waals surface area (Å²) < 4.78 is 31.1. The van der Waals surface area contributed by atoms with Crippen LogP contribution < -0.4 is 26.4 Å². The van der Waals surface area contributed by atoms with Gasteiger partial charge in [0, 0.05) is 59.6 Å². The van der Waals surface area contributed by atoms with Gasteiger partial charge in [-0.1, -0.05) is 63.8 Å². The maximum absolute atomic E-state index is 13.0. The van der Waals surface area contributed by atoms with Crippen molar-refractivity contribution in [1.29, 1.82) is 0 Å². The summed E-state index contributed by atoms with van der Waals surface area (Å²) in [5.74, 6) is 3.16. The van der Waals surface area contributed by atoms with Crippen molar-refractivity contribution >= 4 is 27.5 Å². The number of hydrogen-bond acceptors (Lipinski definition) is 10. The zero-order valence-electron chi connectivity index (χ0n) is 41.1. The Morgan fingerprint density at radius 1 is 0.928 bits per heavy atom. The minimum Gasteiger partial charge on any atom is -0.387 e. The monoisotopic (exact) mass is 964 g/mol. The van der Waals surface area contributed by atoms with Gasteiger partial charge in [-0.15, -0.1) is 0 Å². The van der Waals surface area contributed by atoms with Crippen LogP contribution in [0, 0.1) is 40.4 Å². The first kappa shape index (κ1) is 50.2. The molecule has 16 heteroatoms. The number of aromatic nitrogens is 5. The Balaban J connectivity index is 0.000000204. The molecule has 15 nitrogen and oxygen atoms in total. The fourth-order valence-corrected chi connectivity index (χ4v) is 13.6. The average molecular weight is 964 g/mol. The smallest absolute Gasteiger partial charge is 0.368 e. The van der Waals surface area contributed by atoms with Crippen LogP contribution in [0.25, 0.3) is 5.69 Å². The van der Waals surface area contributed by atoms with E-state index in [1.807, 2.05) is 18.2 Å². The molecule has 9 rings (SSSR count). The molecule has 2 aromatic carbocycles. The molecule has 0 spiro atoms. The quantitative estimate of drug-likeness (QED) is 0.0755. The van der Waals surface area contributed by atoms with E-state index >= 15 is 0 Å². The van der Waals surface area contributed by atoms with Crippen molar-refractivity contribution in [3.05, 3.63) is 107 Å². The van der Waals surface area contributed by atoms with Gasteiger partial charge in [0.1, 0.15) is 0 Å². The van der Waals surface area contributed by atoms with Crippen LogP contribution in [0.4, 0.5) is 5.69 Å². The van der Waals surface area contributed by atoms with Crippen LogP contribution in [0.15, 0.2) is 94.9 Å². The number of hydrogen-bond donors (Lipinski definition) is 5. The summed E-state index contributed by atoms with van der Waals surface area (Å²) in [4.78, 5) is 41.7. The number of rotatable bonds is 15. The lowest BCUT2D eigenvalue weighted by atomic mass is 9.48. The molecule has 5 aliphatic rings. The van der Waals surface area contributed by atoms with Crippen molar-refractivity contribution in [2.45, 2.75) is 147 Å². The number of fused-ring (bicyclic) bond motifs is 5. The second kappa shape index (κ2) is 21.0. The van der Waals surface area contributed by atoms with E-state index in [1.54, 1.807) is 48.8 Å². The SMILES string of the molecule is CC(C)(C)NC(=O)[C@H]1CC[C@H]2[C@@H]3CC[C@H]4NC(=O)C=C[C@]4(C)[C@H]3CC[C@]12C.O=c1n(CCCC2CCCC2)nnn1-c1ccc(S(=O)(=O)Nc2ccc(CCNCC(O)c3cccnc3)cc2)cc1. The number of amides is 2.